The van der Waals surface area contributed by atoms with Crippen LogP contribution in [0.25, 0.3) is 0 Å². The lowest BCUT2D eigenvalue weighted by Gasteiger charge is -2.21. The van der Waals surface area contributed by atoms with Crippen molar-refractivity contribution in [2.75, 3.05) is 12.4 Å². The monoisotopic (exact) mass is 405 g/mol. The minimum absolute atomic E-state index is 0.211. The maximum Gasteiger partial charge on any atom is 0.253 e. The molecule has 2 rings (SSSR count). The molecule has 1 aromatic heterocycles. The van der Waals surface area contributed by atoms with Crippen LogP contribution in [0.3, 0.4) is 0 Å². The number of rotatable bonds is 10. The average molecular weight is 406 g/mol. The maximum atomic E-state index is 12.9. The molecular weight excluding hydrogens is 378 g/mol. The third-order valence-electron chi connectivity index (χ3n) is 4.37. The Balaban J connectivity index is 2.19. The first-order valence-electron chi connectivity index (χ1n) is 9.26. The smallest absolute Gasteiger partial charge is 0.253 e. The molecule has 1 heterocycles. The quantitative estimate of drug-likeness (QED) is 0.521. The van der Waals surface area contributed by atoms with E-state index in [9.17, 15) is 13.6 Å². The largest absolute Gasteiger partial charge is 0.481 e. The van der Waals surface area contributed by atoms with Gasteiger partial charge in [-0.2, -0.15) is 0 Å². The molecule has 28 heavy (non-hydrogen) atoms. The summed E-state index contributed by atoms with van der Waals surface area (Å²) in [5.74, 6) is 0.253. The zero-order chi connectivity index (χ0) is 20.5. The Morgan fingerprint density at radius 3 is 2.57 bits per heavy atom. The maximum absolute atomic E-state index is 12.9. The average Bonchev–Trinajstić information content (AvgIpc) is 2.72. The van der Waals surface area contributed by atoms with Crippen LogP contribution in [-0.2, 0) is 11.1 Å². The van der Waals surface area contributed by atoms with Gasteiger partial charge in [-0.05, 0) is 30.5 Å². The van der Waals surface area contributed by atoms with Gasteiger partial charge in [-0.3, -0.25) is 4.79 Å². The van der Waals surface area contributed by atoms with Gasteiger partial charge in [0.05, 0.1) is 18.7 Å². The minimum Gasteiger partial charge on any atom is -0.481 e. The van der Waals surface area contributed by atoms with Gasteiger partial charge in [-0.15, -0.1) is 0 Å². The molecule has 0 radical (unpaired) electrons. The molecule has 0 bridgehead atoms. The van der Waals surface area contributed by atoms with Gasteiger partial charge < -0.3 is 19.9 Å². The number of benzene rings is 1. The summed E-state index contributed by atoms with van der Waals surface area (Å²) < 4.78 is 26.1. The number of anilines is 1. The van der Waals surface area contributed by atoms with Gasteiger partial charge in [0.1, 0.15) is 5.37 Å². The van der Waals surface area contributed by atoms with Crippen LogP contribution < -0.4 is 15.4 Å². The molecule has 0 aliphatic carbocycles. The van der Waals surface area contributed by atoms with E-state index in [4.69, 9.17) is 4.74 Å². The third-order valence-corrected chi connectivity index (χ3v) is 5.21. The number of carbonyl (C=O) groups excluding carboxylic acids is 1. The summed E-state index contributed by atoms with van der Waals surface area (Å²) in [6, 6.07) is 10.4. The Morgan fingerprint density at radius 2 is 2.00 bits per heavy atom. The predicted octanol–water partition coefficient (Wildman–Crippen LogP) is 3.73. The lowest BCUT2D eigenvalue weighted by Crippen LogP contribution is -2.30. The van der Waals surface area contributed by atoms with E-state index in [2.05, 4.69) is 15.6 Å². The Hall–Kier alpha value is -2.45. The number of hydrogen-bond donors (Lipinski definition) is 3. The molecule has 1 aromatic carbocycles. The number of ether oxygens (including phenoxy) is 1. The molecule has 0 saturated carbocycles. The van der Waals surface area contributed by atoms with Gasteiger partial charge in [0.2, 0.25) is 5.88 Å². The highest BCUT2D eigenvalue weighted by Gasteiger charge is 2.20. The summed E-state index contributed by atoms with van der Waals surface area (Å²) in [5.41, 5.74) is 1.83. The summed E-state index contributed by atoms with van der Waals surface area (Å²) in [7, 11) is 1.55. The van der Waals surface area contributed by atoms with Crippen LogP contribution in [0.2, 0.25) is 0 Å². The lowest BCUT2D eigenvalue weighted by molar-refractivity contribution is 0.0936. The Bertz CT molecular complexity index is 798. The fourth-order valence-corrected chi connectivity index (χ4v) is 3.51. The van der Waals surface area contributed by atoms with E-state index in [0.29, 0.717) is 30.0 Å². The molecule has 0 aliphatic heterocycles. The van der Waals surface area contributed by atoms with Crippen molar-refractivity contribution in [2.45, 2.75) is 44.5 Å². The number of carbonyl (C=O) groups is 1. The summed E-state index contributed by atoms with van der Waals surface area (Å²) in [6.07, 6.45) is 3.65. The summed E-state index contributed by atoms with van der Waals surface area (Å²) in [6.45, 7) is 3.92. The van der Waals surface area contributed by atoms with E-state index in [0.717, 1.165) is 12.0 Å². The molecule has 7 nitrogen and oxygen atoms in total. The van der Waals surface area contributed by atoms with Gasteiger partial charge in [0.25, 0.3) is 5.91 Å². The number of pyridine rings is 1. The first kappa shape index (κ1) is 21.8. The second-order valence-corrected chi connectivity index (χ2v) is 7.43. The standard InChI is InChI=1S/C20H27N3O4S/c1-4-8-19(28(25)26)22-17-10-7-6-9-15(17)20(24)23-16(5-2)14-11-12-18(27-3)21-13-14/h6-7,9-13,16,19,22H,4-5,8H2,1-3H3,(H,23,24)(H,25,26). The zero-order valence-corrected chi connectivity index (χ0v) is 17.2. The van der Waals surface area contributed by atoms with Crippen molar-refractivity contribution >= 4 is 22.7 Å². The second kappa shape index (κ2) is 10.8. The van der Waals surface area contributed by atoms with E-state index in [-0.39, 0.29) is 11.9 Å². The number of methoxy groups -OCH3 is 1. The van der Waals surface area contributed by atoms with Crippen molar-refractivity contribution in [3.8, 4) is 5.88 Å². The summed E-state index contributed by atoms with van der Waals surface area (Å²) >= 11 is -2.03. The highest BCUT2D eigenvalue weighted by atomic mass is 32.2. The van der Waals surface area contributed by atoms with E-state index >= 15 is 0 Å². The Kier molecular flexibility index (Phi) is 8.41. The molecule has 0 saturated heterocycles. The van der Waals surface area contributed by atoms with Crippen LogP contribution in [0, 0.1) is 0 Å². The van der Waals surface area contributed by atoms with E-state index in [1.165, 1.54) is 0 Å². The Morgan fingerprint density at radius 1 is 1.25 bits per heavy atom. The molecule has 152 valence electrons. The normalized spacial score (nSPS) is 14.0. The predicted molar refractivity (Wildman–Crippen MR) is 111 cm³/mol. The summed E-state index contributed by atoms with van der Waals surface area (Å²) in [4.78, 5) is 17.1. The topological polar surface area (TPSA) is 101 Å². The highest BCUT2D eigenvalue weighted by Crippen LogP contribution is 2.22. The van der Waals surface area contributed by atoms with Crippen molar-refractivity contribution in [3.05, 3.63) is 53.7 Å². The second-order valence-electron chi connectivity index (χ2n) is 6.31. The molecule has 0 fully saturated rings. The van der Waals surface area contributed by atoms with Gasteiger partial charge in [0, 0.05) is 18.0 Å². The number of hydrogen-bond acceptors (Lipinski definition) is 5. The first-order valence-corrected chi connectivity index (χ1v) is 10.4. The van der Waals surface area contributed by atoms with Crippen molar-refractivity contribution in [2.24, 2.45) is 0 Å². The number of amides is 1. The van der Waals surface area contributed by atoms with Crippen molar-refractivity contribution in [3.63, 3.8) is 0 Å². The van der Waals surface area contributed by atoms with E-state index < -0.39 is 16.5 Å². The van der Waals surface area contributed by atoms with Crippen LogP contribution in [0.1, 0.15) is 55.1 Å². The van der Waals surface area contributed by atoms with Crippen LogP contribution >= 0.6 is 0 Å². The van der Waals surface area contributed by atoms with Gasteiger partial charge in [-0.1, -0.05) is 38.5 Å². The van der Waals surface area contributed by atoms with Gasteiger partial charge >= 0.3 is 0 Å². The molecule has 0 spiro atoms. The molecule has 2 aromatic rings. The van der Waals surface area contributed by atoms with Crippen LogP contribution in [-0.4, -0.2) is 32.1 Å². The fraction of sp³-hybridized carbons (Fsp3) is 0.400. The number of aromatic nitrogens is 1. The van der Waals surface area contributed by atoms with Crippen LogP contribution in [0.4, 0.5) is 5.69 Å². The molecule has 3 N–H and O–H groups in total. The SMILES string of the molecule is CCCC(Nc1ccccc1C(=O)NC(CC)c1ccc(OC)nc1)S(=O)O. The van der Waals surface area contributed by atoms with Crippen LogP contribution in [0.5, 0.6) is 5.88 Å². The fourth-order valence-electron chi connectivity index (χ4n) is 2.84. The van der Waals surface area contributed by atoms with E-state index in [1.807, 2.05) is 19.9 Å². The molecule has 0 aliphatic rings. The molecule has 8 heteroatoms. The lowest BCUT2D eigenvalue weighted by atomic mass is 10.1. The number of para-hydroxylation sites is 1. The van der Waals surface area contributed by atoms with Gasteiger partial charge in [-0.25, -0.2) is 9.19 Å². The molecular formula is C20H27N3O4S. The Labute approximate surface area is 168 Å². The van der Waals surface area contributed by atoms with Crippen molar-refractivity contribution < 1.29 is 18.3 Å². The third kappa shape index (κ3) is 5.77. The minimum atomic E-state index is -2.03. The zero-order valence-electron chi connectivity index (χ0n) is 16.3. The molecule has 3 unspecified atom stereocenters. The van der Waals surface area contributed by atoms with Crippen LogP contribution in [0.15, 0.2) is 42.6 Å². The number of nitrogens with zero attached hydrogens (tertiary/aromatic N) is 1. The van der Waals surface area contributed by atoms with Crippen molar-refractivity contribution in [1.29, 1.82) is 0 Å². The highest BCUT2D eigenvalue weighted by molar-refractivity contribution is 7.80. The van der Waals surface area contributed by atoms with Gasteiger partial charge in [0.15, 0.2) is 11.1 Å². The van der Waals surface area contributed by atoms with E-state index in [1.54, 1.807) is 43.6 Å². The molecule has 3 atom stereocenters. The first-order chi connectivity index (χ1) is 13.5. The molecule has 1 amide bonds. The van der Waals surface area contributed by atoms with Crippen molar-refractivity contribution in [1.82, 2.24) is 10.3 Å². The summed E-state index contributed by atoms with van der Waals surface area (Å²) in [5, 5.41) is 5.42. The number of nitrogens with one attached hydrogen (secondary N) is 2.